The Balaban J connectivity index is 1.83. The topological polar surface area (TPSA) is 28.2 Å². The first-order valence-electron chi connectivity index (χ1n) is 8.04. The first-order valence-corrected chi connectivity index (χ1v) is 8.92. The maximum Gasteiger partial charge on any atom is 0.112 e. The molecule has 20 heavy (non-hydrogen) atoms. The van der Waals surface area contributed by atoms with Crippen LogP contribution < -0.4 is 5.32 Å². The van der Waals surface area contributed by atoms with Crippen molar-refractivity contribution in [2.75, 3.05) is 6.54 Å². The summed E-state index contributed by atoms with van der Waals surface area (Å²) in [6.07, 6.45) is 8.67. The molecule has 3 rings (SSSR count). The Hall–Kier alpha value is -0.450. The third kappa shape index (κ3) is 2.53. The molecule has 1 N–H and O–H groups in total. The largest absolute Gasteiger partial charge is 0.314 e. The monoisotopic (exact) mass is 293 g/mol. The quantitative estimate of drug-likeness (QED) is 0.922. The number of hydrogen-bond acceptors (Lipinski definition) is 4. The van der Waals surface area contributed by atoms with Crippen LogP contribution in [0.15, 0.2) is 11.6 Å². The van der Waals surface area contributed by atoms with Gasteiger partial charge in [-0.15, -0.1) is 11.3 Å². The number of nitrogens with zero attached hydrogens (tertiary/aromatic N) is 2. The highest BCUT2D eigenvalue weighted by molar-refractivity contribution is 7.09. The Morgan fingerprint density at radius 1 is 1.35 bits per heavy atom. The molecule has 1 aromatic heterocycles. The highest BCUT2D eigenvalue weighted by Crippen LogP contribution is 2.43. The molecule has 0 amide bonds. The molecule has 112 valence electrons. The number of fused-ring (bicyclic) bond motifs is 2. The van der Waals surface area contributed by atoms with E-state index in [1.807, 2.05) is 6.20 Å². The number of thiazole rings is 1. The van der Waals surface area contributed by atoms with E-state index in [1.165, 1.54) is 37.1 Å². The van der Waals surface area contributed by atoms with Crippen LogP contribution in [-0.2, 0) is 5.54 Å². The predicted molar refractivity (Wildman–Crippen MR) is 85.1 cm³/mol. The fourth-order valence-electron chi connectivity index (χ4n) is 4.39. The summed E-state index contributed by atoms with van der Waals surface area (Å²) >= 11 is 1.80. The van der Waals surface area contributed by atoms with E-state index in [9.17, 15) is 0 Å². The van der Waals surface area contributed by atoms with Gasteiger partial charge in [0.15, 0.2) is 0 Å². The molecule has 2 atom stereocenters. The summed E-state index contributed by atoms with van der Waals surface area (Å²) < 4.78 is 0. The van der Waals surface area contributed by atoms with Crippen LogP contribution in [0.3, 0.4) is 0 Å². The fourth-order valence-corrected chi connectivity index (χ4v) is 5.15. The van der Waals surface area contributed by atoms with Crippen LogP contribution in [0, 0.1) is 0 Å². The van der Waals surface area contributed by atoms with Crippen molar-refractivity contribution in [3.8, 4) is 0 Å². The molecule has 2 aliphatic heterocycles. The van der Waals surface area contributed by atoms with Gasteiger partial charge in [0.1, 0.15) is 5.01 Å². The minimum atomic E-state index is 0.0844. The average molecular weight is 293 g/mol. The summed E-state index contributed by atoms with van der Waals surface area (Å²) in [6, 6.07) is 2.18. The standard InChI is InChI=1S/C16H27N3S/c1-4-17-12-10-13-6-5-7-14(11-12)19(13)16(2,3)15-18-8-9-20-15/h8-9,12-14,17H,4-7,10-11H2,1-3H3. The minimum absolute atomic E-state index is 0.0844. The zero-order valence-corrected chi connectivity index (χ0v) is 13.7. The van der Waals surface area contributed by atoms with Crippen LogP contribution in [0.5, 0.6) is 0 Å². The minimum Gasteiger partial charge on any atom is -0.314 e. The molecular formula is C16H27N3S. The van der Waals surface area contributed by atoms with Crippen molar-refractivity contribution in [1.29, 1.82) is 0 Å². The summed E-state index contributed by atoms with van der Waals surface area (Å²) in [4.78, 5) is 7.40. The van der Waals surface area contributed by atoms with Gasteiger partial charge in [-0.1, -0.05) is 13.3 Å². The van der Waals surface area contributed by atoms with E-state index in [-0.39, 0.29) is 5.54 Å². The van der Waals surface area contributed by atoms with Crippen molar-refractivity contribution in [1.82, 2.24) is 15.2 Å². The smallest absolute Gasteiger partial charge is 0.112 e. The zero-order chi connectivity index (χ0) is 14.2. The van der Waals surface area contributed by atoms with Crippen molar-refractivity contribution in [2.24, 2.45) is 0 Å². The highest BCUT2D eigenvalue weighted by Gasteiger charge is 2.46. The molecule has 2 unspecified atom stereocenters. The predicted octanol–water partition coefficient (Wildman–Crippen LogP) is 3.37. The van der Waals surface area contributed by atoms with Crippen molar-refractivity contribution >= 4 is 11.3 Å². The summed E-state index contributed by atoms with van der Waals surface area (Å²) in [5, 5.41) is 7.06. The fraction of sp³-hybridized carbons (Fsp3) is 0.812. The van der Waals surface area contributed by atoms with Crippen LogP contribution in [0.4, 0.5) is 0 Å². The Labute approximate surface area is 126 Å². The number of piperidine rings is 2. The maximum atomic E-state index is 4.61. The van der Waals surface area contributed by atoms with E-state index in [4.69, 9.17) is 0 Å². The molecule has 1 aromatic rings. The van der Waals surface area contributed by atoms with Crippen LogP contribution in [0.1, 0.15) is 57.9 Å². The molecule has 3 heterocycles. The average Bonchev–Trinajstić information content (AvgIpc) is 2.92. The maximum absolute atomic E-state index is 4.61. The third-order valence-electron chi connectivity index (χ3n) is 5.07. The van der Waals surface area contributed by atoms with Gasteiger partial charge in [0, 0.05) is 29.7 Å². The molecule has 2 aliphatic rings. The molecule has 0 spiro atoms. The first kappa shape index (κ1) is 14.5. The van der Waals surface area contributed by atoms with Gasteiger partial charge in [-0.3, -0.25) is 4.90 Å². The van der Waals surface area contributed by atoms with Crippen LogP contribution in [0.2, 0.25) is 0 Å². The second-order valence-corrected chi connectivity index (χ2v) is 7.66. The second-order valence-electron chi connectivity index (χ2n) is 6.77. The SMILES string of the molecule is CCNC1CC2CCCC(C1)N2C(C)(C)c1nccs1. The lowest BCUT2D eigenvalue weighted by atomic mass is 9.78. The van der Waals surface area contributed by atoms with E-state index in [2.05, 4.69) is 41.4 Å². The van der Waals surface area contributed by atoms with Gasteiger partial charge in [0.2, 0.25) is 0 Å². The van der Waals surface area contributed by atoms with Crippen molar-refractivity contribution < 1.29 is 0 Å². The van der Waals surface area contributed by atoms with Gasteiger partial charge >= 0.3 is 0 Å². The summed E-state index contributed by atoms with van der Waals surface area (Å²) in [7, 11) is 0. The van der Waals surface area contributed by atoms with Crippen molar-refractivity contribution in [3.63, 3.8) is 0 Å². The van der Waals surface area contributed by atoms with Crippen molar-refractivity contribution in [3.05, 3.63) is 16.6 Å². The molecule has 0 radical (unpaired) electrons. The van der Waals surface area contributed by atoms with E-state index in [0.717, 1.165) is 24.7 Å². The van der Waals surface area contributed by atoms with E-state index in [1.54, 1.807) is 11.3 Å². The number of aromatic nitrogens is 1. The number of hydrogen-bond donors (Lipinski definition) is 1. The van der Waals surface area contributed by atoms with E-state index in [0.29, 0.717) is 0 Å². The lowest BCUT2D eigenvalue weighted by molar-refractivity contribution is -0.0510. The molecule has 0 saturated carbocycles. The lowest BCUT2D eigenvalue weighted by Gasteiger charge is -2.55. The van der Waals surface area contributed by atoms with Gasteiger partial charge in [0.05, 0.1) is 5.54 Å². The normalized spacial score (nSPS) is 31.4. The van der Waals surface area contributed by atoms with Crippen molar-refractivity contribution in [2.45, 2.75) is 76.5 Å². The first-order chi connectivity index (χ1) is 9.63. The molecule has 2 fully saturated rings. The Morgan fingerprint density at radius 2 is 2.05 bits per heavy atom. The van der Waals surface area contributed by atoms with Gasteiger partial charge in [0.25, 0.3) is 0 Å². The third-order valence-corrected chi connectivity index (χ3v) is 6.15. The summed E-state index contributed by atoms with van der Waals surface area (Å²) in [5.74, 6) is 0. The van der Waals surface area contributed by atoms with Gasteiger partial charge in [-0.25, -0.2) is 4.98 Å². The van der Waals surface area contributed by atoms with Crippen LogP contribution >= 0.6 is 11.3 Å². The molecule has 0 aliphatic carbocycles. The number of rotatable bonds is 4. The summed E-state index contributed by atoms with van der Waals surface area (Å²) in [6.45, 7) is 8.05. The van der Waals surface area contributed by atoms with E-state index < -0.39 is 0 Å². The van der Waals surface area contributed by atoms with Gasteiger partial charge in [-0.05, 0) is 46.1 Å². The van der Waals surface area contributed by atoms with Crippen LogP contribution in [-0.4, -0.2) is 34.6 Å². The Morgan fingerprint density at radius 3 is 2.60 bits per heavy atom. The molecule has 2 bridgehead atoms. The Kier molecular flexibility index (Phi) is 4.16. The number of nitrogens with one attached hydrogen (secondary N) is 1. The molecule has 0 aromatic carbocycles. The molecule has 3 nitrogen and oxygen atoms in total. The van der Waals surface area contributed by atoms with E-state index >= 15 is 0 Å². The van der Waals surface area contributed by atoms with Gasteiger partial charge < -0.3 is 5.32 Å². The zero-order valence-electron chi connectivity index (χ0n) is 12.9. The molecule has 4 heteroatoms. The molecular weight excluding hydrogens is 266 g/mol. The van der Waals surface area contributed by atoms with Crippen LogP contribution in [0.25, 0.3) is 0 Å². The highest BCUT2D eigenvalue weighted by atomic mass is 32.1. The lowest BCUT2D eigenvalue weighted by Crippen LogP contribution is -2.61. The summed E-state index contributed by atoms with van der Waals surface area (Å²) in [5.41, 5.74) is 0.0844. The molecule has 2 saturated heterocycles. The Bertz CT molecular complexity index is 415. The second kappa shape index (κ2) is 5.74. The van der Waals surface area contributed by atoms with Gasteiger partial charge in [-0.2, -0.15) is 0 Å².